The highest BCUT2D eigenvalue weighted by Crippen LogP contribution is 2.20. The first-order valence-electron chi connectivity index (χ1n) is 4.40. The summed E-state index contributed by atoms with van der Waals surface area (Å²) in [5.74, 6) is 0. The number of hydrogen-bond donors (Lipinski definition) is 1. The maximum absolute atomic E-state index is 5.22. The predicted molar refractivity (Wildman–Crippen MR) is 59.1 cm³/mol. The van der Waals surface area contributed by atoms with Crippen molar-refractivity contribution in [1.82, 2.24) is 0 Å². The summed E-state index contributed by atoms with van der Waals surface area (Å²) < 4.78 is 6.31. The molecule has 1 aromatic rings. The molecular weight excluding hydrogens is 230 g/mol. The van der Waals surface area contributed by atoms with Crippen molar-refractivity contribution in [2.24, 2.45) is 0 Å². The van der Waals surface area contributed by atoms with Gasteiger partial charge in [0.25, 0.3) is 0 Å². The van der Waals surface area contributed by atoms with Crippen LogP contribution in [0.15, 0.2) is 28.7 Å². The van der Waals surface area contributed by atoms with Gasteiger partial charge in [0.1, 0.15) is 0 Å². The van der Waals surface area contributed by atoms with Crippen LogP contribution in [0.1, 0.15) is 6.92 Å². The number of hydrogen-bond acceptors (Lipinski definition) is 2. The van der Waals surface area contributed by atoms with E-state index < -0.39 is 0 Å². The van der Waals surface area contributed by atoms with Crippen molar-refractivity contribution >= 4 is 21.6 Å². The summed E-state index contributed by atoms with van der Waals surface area (Å²) in [6.07, 6.45) is 0. The third-order valence-corrected chi connectivity index (χ3v) is 2.33. The van der Waals surface area contributed by atoms with Crippen LogP contribution in [-0.2, 0) is 4.74 Å². The van der Waals surface area contributed by atoms with E-state index in [1.807, 2.05) is 31.2 Å². The molecule has 0 saturated carbocycles. The maximum atomic E-state index is 5.22. The lowest BCUT2D eigenvalue weighted by atomic mass is 10.3. The minimum atomic E-state index is 0.748. The van der Waals surface area contributed by atoms with E-state index in [1.54, 1.807) is 0 Å². The summed E-state index contributed by atoms with van der Waals surface area (Å²) in [5, 5.41) is 3.28. The molecule has 1 rings (SSSR count). The smallest absolute Gasteiger partial charge is 0.0638 e. The van der Waals surface area contributed by atoms with Gasteiger partial charge in [-0.05, 0) is 35.0 Å². The molecule has 0 unspecified atom stereocenters. The zero-order valence-corrected chi connectivity index (χ0v) is 9.30. The number of benzene rings is 1. The molecule has 1 aromatic carbocycles. The van der Waals surface area contributed by atoms with Gasteiger partial charge in [-0.15, -0.1) is 0 Å². The summed E-state index contributed by atoms with van der Waals surface area (Å²) in [6.45, 7) is 4.37. The van der Waals surface area contributed by atoms with E-state index in [-0.39, 0.29) is 0 Å². The first-order chi connectivity index (χ1) is 6.34. The molecule has 0 aliphatic carbocycles. The van der Waals surface area contributed by atoms with E-state index in [0.29, 0.717) is 0 Å². The van der Waals surface area contributed by atoms with Crippen molar-refractivity contribution < 1.29 is 4.74 Å². The highest BCUT2D eigenvalue weighted by Gasteiger charge is 1.95. The molecule has 1 N–H and O–H groups in total. The van der Waals surface area contributed by atoms with Gasteiger partial charge in [0.2, 0.25) is 0 Å². The minimum Gasteiger partial charge on any atom is -0.382 e. The van der Waals surface area contributed by atoms with Gasteiger partial charge < -0.3 is 10.1 Å². The summed E-state index contributed by atoms with van der Waals surface area (Å²) in [7, 11) is 0. The Hall–Kier alpha value is -0.540. The van der Waals surface area contributed by atoms with Gasteiger partial charge in [-0.25, -0.2) is 0 Å². The van der Waals surface area contributed by atoms with Crippen molar-refractivity contribution in [3.05, 3.63) is 28.7 Å². The highest BCUT2D eigenvalue weighted by molar-refractivity contribution is 9.10. The van der Waals surface area contributed by atoms with Crippen LogP contribution in [0.4, 0.5) is 5.69 Å². The maximum Gasteiger partial charge on any atom is 0.0638 e. The fraction of sp³-hybridized carbons (Fsp3) is 0.400. The van der Waals surface area contributed by atoms with Gasteiger partial charge in [0, 0.05) is 23.3 Å². The molecule has 0 aliphatic heterocycles. The van der Waals surface area contributed by atoms with Gasteiger partial charge >= 0.3 is 0 Å². The standard InChI is InChI=1S/C10H14BrNO/c1-2-13-8-7-12-10-6-4-3-5-9(10)11/h3-6,12H,2,7-8H2,1H3. The predicted octanol–water partition coefficient (Wildman–Crippen LogP) is 2.90. The Labute approximate surface area is 87.4 Å². The summed E-state index contributed by atoms with van der Waals surface area (Å²) >= 11 is 3.46. The number of para-hydroxylation sites is 1. The zero-order chi connectivity index (χ0) is 9.52. The molecular formula is C10H14BrNO. The van der Waals surface area contributed by atoms with Crippen molar-refractivity contribution in [3.8, 4) is 0 Å². The van der Waals surface area contributed by atoms with Gasteiger partial charge in [-0.2, -0.15) is 0 Å². The second kappa shape index (κ2) is 6.00. The Morgan fingerprint density at radius 3 is 2.85 bits per heavy atom. The van der Waals surface area contributed by atoms with E-state index in [2.05, 4.69) is 21.2 Å². The third kappa shape index (κ3) is 3.79. The summed E-state index contributed by atoms with van der Waals surface area (Å²) in [4.78, 5) is 0. The molecule has 0 spiro atoms. The molecule has 2 nitrogen and oxygen atoms in total. The largest absolute Gasteiger partial charge is 0.382 e. The molecule has 0 bridgehead atoms. The van der Waals surface area contributed by atoms with Crippen LogP contribution in [0.3, 0.4) is 0 Å². The number of nitrogens with one attached hydrogen (secondary N) is 1. The Morgan fingerprint density at radius 1 is 1.38 bits per heavy atom. The number of rotatable bonds is 5. The molecule has 0 radical (unpaired) electrons. The lowest BCUT2D eigenvalue weighted by Gasteiger charge is -2.07. The lowest BCUT2D eigenvalue weighted by molar-refractivity contribution is 0.158. The molecule has 0 heterocycles. The zero-order valence-electron chi connectivity index (χ0n) is 7.72. The Kier molecular flexibility index (Phi) is 4.86. The van der Waals surface area contributed by atoms with Gasteiger partial charge in [0.05, 0.1) is 6.61 Å². The van der Waals surface area contributed by atoms with Gasteiger partial charge in [-0.1, -0.05) is 12.1 Å². The topological polar surface area (TPSA) is 21.3 Å². The first kappa shape index (κ1) is 10.5. The van der Waals surface area contributed by atoms with E-state index in [9.17, 15) is 0 Å². The molecule has 13 heavy (non-hydrogen) atoms. The summed E-state index contributed by atoms with van der Waals surface area (Å²) in [6, 6.07) is 8.06. The van der Waals surface area contributed by atoms with Crippen LogP contribution < -0.4 is 5.32 Å². The number of ether oxygens (including phenoxy) is 1. The van der Waals surface area contributed by atoms with E-state index >= 15 is 0 Å². The Bertz CT molecular complexity index is 252. The van der Waals surface area contributed by atoms with Crippen LogP contribution in [0, 0.1) is 0 Å². The van der Waals surface area contributed by atoms with E-state index in [1.165, 1.54) is 0 Å². The van der Waals surface area contributed by atoms with E-state index in [0.717, 1.165) is 29.9 Å². The molecule has 0 amide bonds. The Morgan fingerprint density at radius 2 is 2.15 bits per heavy atom. The number of halogens is 1. The summed E-state index contributed by atoms with van der Waals surface area (Å²) in [5.41, 5.74) is 1.11. The van der Waals surface area contributed by atoms with Crippen molar-refractivity contribution in [2.75, 3.05) is 25.1 Å². The van der Waals surface area contributed by atoms with Gasteiger partial charge in [-0.3, -0.25) is 0 Å². The van der Waals surface area contributed by atoms with Crippen LogP contribution in [-0.4, -0.2) is 19.8 Å². The fourth-order valence-corrected chi connectivity index (χ4v) is 1.43. The average Bonchev–Trinajstić information content (AvgIpc) is 2.15. The fourth-order valence-electron chi connectivity index (χ4n) is 1.01. The molecule has 72 valence electrons. The second-order valence-corrected chi connectivity index (χ2v) is 3.46. The van der Waals surface area contributed by atoms with Crippen molar-refractivity contribution in [3.63, 3.8) is 0 Å². The highest BCUT2D eigenvalue weighted by atomic mass is 79.9. The number of anilines is 1. The normalized spacial score (nSPS) is 10.0. The Balaban J connectivity index is 2.32. The lowest BCUT2D eigenvalue weighted by Crippen LogP contribution is -2.09. The molecule has 0 saturated heterocycles. The molecule has 3 heteroatoms. The van der Waals surface area contributed by atoms with E-state index in [4.69, 9.17) is 4.74 Å². The first-order valence-corrected chi connectivity index (χ1v) is 5.20. The van der Waals surface area contributed by atoms with Gasteiger partial charge in [0.15, 0.2) is 0 Å². The third-order valence-electron chi connectivity index (χ3n) is 1.64. The molecule has 0 aliphatic rings. The van der Waals surface area contributed by atoms with Crippen LogP contribution in [0.2, 0.25) is 0 Å². The van der Waals surface area contributed by atoms with Crippen LogP contribution in [0.25, 0.3) is 0 Å². The van der Waals surface area contributed by atoms with Crippen LogP contribution in [0.5, 0.6) is 0 Å². The minimum absolute atomic E-state index is 0.748. The van der Waals surface area contributed by atoms with Crippen molar-refractivity contribution in [2.45, 2.75) is 6.92 Å². The van der Waals surface area contributed by atoms with Crippen molar-refractivity contribution in [1.29, 1.82) is 0 Å². The SMILES string of the molecule is CCOCCNc1ccccc1Br. The molecule has 0 atom stereocenters. The molecule has 0 fully saturated rings. The average molecular weight is 244 g/mol. The van der Waals surface area contributed by atoms with Crippen LogP contribution >= 0.6 is 15.9 Å². The monoisotopic (exact) mass is 243 g/mol. The molecule has 0 aromatic heterocycles. The quantitative estimate of drug-likeness (QED) is 0.804. The second-order valence-electron chi connectivity index (χ2n) is 2.60.